The lowest BCUT2D eigenvalue weighted by atomic mass is 9.99. The molecule has 4 rings (SSSR count). The second kappa shape index (κ2) is 7.24. The van der Waals surface area contributed by atoms with Crippen LogP contribution in [-0.2, 0) is 35.6 Å². The minimum atomic E-state index is -3.63. The van der Waals surface area contributed by atoms with Gasteiger partial charge in [-0.25, -0.2) is 18.1 Å². The van der Waals surface area contributed by atoms with Crippen molar-refractivity contribution in [2.75, 3.05) is 5.32 Å². The van der Waals surface area contributed by atoms with Crippen molar-refractivity contribution in [1.29, 1.82) is 5.26 Å². The van der Waals surface area contributed by atoms with Crippen LogP contribution < -0.4 is 10.0 Å². The van der Waals surface area contributed by atoms with Gasteiger partial charge in [-0.15, -0.1) is 0 Å². The van der Waals surface area contributed by atoms with Gasteiger partial charge in [0.15, 0.2) is 9.92 Å². The molecule has 1 unspecified atom stereocenters. The molecule has 2 aliphatic rings. The fourth-order valence-corrected chi connectivity index (χ4v) is 5.28. The second-order valence-electron chi connectivity index (χ2n) is 6.96. The predicted octanol–water partition coefficient (Wildman–Crippen LogP) is 3.85. The molecular formula is C20H19FN4O2S. The van der Waals surface area contributed by atoms with Gasteiger partial charge in [-0.05, 0) is 79.0 Å². The number of benzene rings is 2. The van der Waals surface area contributed by atoms with Gasteiger partial charge in [-0.3, -0.25) is 0 Å². The molecule has 0 aliphatic heterocycles. The fraction of sp³-hybridized carbons (Fsp3) is 0.300. The molecule has 144 valence electrons. The molecule has 2 aromatic carbocycles. The summed E-state index contributed by atoms with van der Waals surface area (Å²) in [6.45, 7) is 0. The van der Waals surface area contributed by atoms with Crippen molar-refractivity contribution in [2.45, 2.75) is 43.4 Å². The molecule has 2 N–H and O–H groups in total. The molecule has 0 fully saturated rings. The summed E-state index contributed by atoms with van der Waals surface area (Å²) >= 11 is 0. The number of rotatable bonds is 3. The third-order valence-electron chi connectivity index (χ3n) is 5.23. The highest BCUT2D eigenvalue weighted by molar-refractivity contribution is 7.92. The highest BCUT2D eigenvalue weighted by Gasteiger charge is 2.26. The van der Waals surface area contributed by atoms with E-state index in [2.05, 4.69) is 20.5 Å². The van der Waals surface area contributed by atoms with Gasteiger partial charge in [-0.2, -0.15) is 5.26 Å². The molecule has 0 bridgehead atoms. The Bertz CT molecular complexity index is 1100. The van der Waals surface area contributed by atoms with Crippen molar-refractivity contribution < 1.29 is 13.4 Å². The van der Waals surface area contributed by atoms with E-state index in [1.165, 1.54) is 35.5 Å². The first-order chi connectivity index (χ1) is 13.5. The van der Waals surface area contributed by atoms with E-state index >= 15 is 0 Å². The van der Waals surface area contributed by atoms with Gasteiger partial charge >= 0.3 is 6.03 Å². The van der Waals surface area contributed by atoms with Crippen LogP contribution in [-0.4, -0.2) is 10.2 Å². The number of carbonyl (C=O) groups is 1. The Balaban J connectivity index is 1.66. The zero-order valence-corrected chi connectivity index (χ0v) is 15.9. The number of aryl methyl sites for hydroxylation is 2. The Morgan fingerprint density at radius 2 is 1.79 bits per heavy atom. The number of urea groups is 1. The molecule has 2 aliphatic carbocycles. The molecule has 8 heteroatoms. The van der Waals surface area contributed by atoms with Gasteiger partial charge in [0.05, 0.1) is 4.90 Å². The van der Waals surface area contributed by atoms with Crippen molar-refractivity contribution in [2.24, 2.45) is 4.36 Å². The molecule has 2 aromatic rings. The van der Waals surface area contributed by atoms with Crippen LogP contribution in [0.25, 0.3) is 0 Å². The summed E-state index contributed by atoms with van der Waals surface area (Å²) in [4.78, 5) is 12.6. The number of nitrogens with one attached hydrogen (secondary N) is 2. The first-order valence-electron chi connectivity index (χ1n) is 9.16. The van der Waals surface area contributed by atoms with Crippen molar-refractivity contribution in [1.82, 2.24) is 4.72 Å². The Kier molecular flexibility index (Phi) is 4.77. The first-order valence-corrected chi connectivity index (χ1v) is 10.7. The molecule has 1 atom stereocenters. The summed E-state index contributed by atoms with van der Waals surface area (Å²) in [7, 11) is -3.63. The van der Waals surface area contributed by atoms with Crippen molar-refractivity contribution in [3.05, 3.63) is 58.4 Å². The molecule has 0 saturated heterocycles. The number of hydrogen-bond acceptors (Lipinski definition) is 4. The SMILES string of the molecule is N#CN=S(=O)(NC(=O)Nc1c2c(cc3c1CCC3)CCC2)c1cccc(F)c1. The van der Waals surface area contributed by atoms with Gasteiger partial charge in [0.1, 0.15) is 5.82 Å². The molecule has 6 nitrogen and oxygen atoms in total. The van der Waals surface area contributed by atoms with Crippen molar-refractivity contribution in [3.8, 4) is 6.19 Å². The maximum absolute atomic E-state index is 13.5. The highest BCUT2D eigenvalue weighted by atomic mass is 32.2. The van der Waals surface area contributed by atoms with E-state index in [9.17, 15) is 13.4 Å². The number of hydrogen-bond donors (Lipinski definition) is 2. The van der Waals surface area contributed by atoms with Crippen LogP contribution in [0, 0.1) is 17.3 Å². The number of nitrogens with zero attached hydrogens (tertiary/aromatic N) is 2. The summed E-state index contributed by atoms with van der Waals surface area (Å²) in [6, 6.07) is 6.43. The minimum Gasteiger partial charge on any atom is -0.307 e. The smallest absolute Gasteiger partial charge is 0.307 e. The van der Waals surface area contributed by atoms with Crippen LogP contribution in [0.3, 0.4) is 0 Å². The molecular weight excluding hydrogens is 379 g/mol. The van der Waals surface area contributed by atoms with Crippen LogP contribution in [0.2, 0.25) is 0 Å². The number of carbonyl (C=O) groups excluding carboxylic acids is 1. The van der Waals surface area contributed by atoms with Crippen molar-refractivity contribution in [3.63, 3.8) is 0 Å². The van der Waals surface area contributed by atoms with Crippen LogP contribution in [0.5, 0.6) is 0 Å². The van der Waals surface area contributed by atoms with Crippen molar-refractivity contribution >= 4 is 21.6 Å². The summed E-state index contributed by atoms with van der Waals surface area (Å²) in [5.41, 5.74) is 5.56. The lowest BCUT2D eigenvalue weighted by Crippen LogP contribution is -2.34. The van der Waals surface area contributed by atoms with E-state index in [0.717, 1.165) is 61.4 Å². The molecule has 0 saturated carbocycles. The van der Waals surface area contributed by atoms with E-state index in [1.807, 2.05) is 0 Å². The number of halogens is 1. The Labute approximate surface area is 163 Å². The highest BCUT2D eigenvalue weighted by Crippen LogP contribution is 2.38. The number of nitriles is 1. The third-order valence-corrected chi connectivity index (χ3v) is 6.92. The maximum atomic E-state index is 13.5. The van der Waals surface area contributed by atoms with E-state index < -0.39 is 21.8 Å². The number of anilines is 1. The predicted molar refractivity (Wildman–Crippen MR) is 103 cm³/mol. The molecule has 0 heterocycles. The maximum Gasteiger partial charge on any atom is 0.331 e. The standard InChI is InChI=1S/C20H19FN4O2S/c21-15-6-3-7-16(11-15)28(27,23-12-22)25-20(26)24-19-17-8-1-4-13(17)10-14-5-2-9-18(14)19/h3,6-7,10-11H,1-2,4-5,8-9H2,(H2,23,24,25,26,27). The minimum absolute atomic E-state index is 0.0623. The van der Waals surface area contributed by atoms with Crippen LogP contribution >= 0.6 is 0 Å². The van der Waals surface area contributed by atoms with E-state index in [1.54, 1.807) is 0 Å². The Hall–Kier alpha value is -2.92. The van der Waals surface area contributed by atoms with E-state index in [-0.39, 0.29) is 4.90 Å². The summed E-state index contributed by atoms with van der Waals surface area (Å²) in [5.74, 6) is -0.626. The number of amides is 2. The number of fused-ring (bicyclic) bond motifs is 2. The summed E-state index contributed by atoms with van der Waals surface area (Å²) in [6.07, 6.45) is 7.30. The quantitative estimate of drug-likeness (QED) is 0.769. The second-order valence-corrected chi connectivity index (χ2v) is 8.87. The average molecular weight is 398 g/mol. The third kappa shape index (κ3) is 3.34. The lowest BCUT2D eigenvalue weighted by Gasteiger charge is -2.17. The van der Waals surface area contributed by atoms with Gasteiger partial charge in [0.2, 0.25) is 6.19 Å². The fourth-order valence-electron chi connectivity index (χ4n) is 4.06. The molecule has 0 aromatic heterocycles. The summed E-state index contributed by atoms with van der Waals surface area (Å²) < 4.78 is 32.3. The monoisotopic (exact) mass is 398 g/mol. The van der Waals surface area contributed by atoms with Crippen LogP contribution in [0.4, 0.5) is 14.9 Å². The zero-order chi connectivity index (χ0) is 19.7. The topological polar surface area (TPSA) is 94.3 Å². The van der Waals surface area contributed by atoms with Crippen LogP contribution in [0.15, 0.2) is 39.6 Å². The Morgan fingerprint density at radius 1 is 1.11 bits per heavy atom. The van der Waals surface area contributed by atoms with Crippen LogP contribution in [0.1, 0.15) is 35.1 Å². The summed E-state index contributed by atoms with van der Waals surface area (Å²) in [5, 5.41) is 11.8. The zero-order valence-electron chi connectivity index (χ0n) is 15.1. The average Bonchev–Trinajstić information content (AvgIpc) is 3.30. The lowest BCUT2D eigenvalue weighted by molar-refractivity contribution is 0.256. The molecule has 0 spiro atoms. The largest absolute Gasteiger partial charge is 0.331 e. The Morgan fingerprint density at radius 3 is 2.39 bits per heavy atom. The first kappa shape index (κ1) is 18.4. The van der Waals surface area contributed by atoms with Gasteiger partial charge < -0.3 is 5.32 Å². The van der Waals surface area contributed by atoms with Gasteiger partial charge in [0, 0.05) is 5.69 Å². The van der Waals surface area contributed by atoms with Gasteiger partial charge in [-0.1, -0.05) is 16.5 Å². The van der Waals surface area contributed by atoms with E-state index in [0.29, 0.717) is 0 Å². The normalized spacial score (nSPS) is 16.4. The molecule has 2 amide bonds. The van der Waals surface area contributed by atoms with Gasteiger partial charge in [0.25, 0.3) is 0 Å². The molecule has 0 radical (unpaired) electrons. The van der Waals surface area contributed by atoms with E-state index in [4.69, 9.17) is 5.26 Å². The molecule has 28 heavy (non-hydrogen) atoms.